The summed E-state index contributed by atoms with van der Waals surface area (Å²) in [6.45, 7) is 4.36. The van der Waals surface area contributed by atoms with Crippen LogP contribution in [0.25, 0.3) is 0 Å². The molecule has 0 aromatic rings. The fraction of sp³-hybridized carbons (Fsp3) is 1.00. The Hall–Kier alpha value is -0.183. The smallest absolute Gasteiger partial charge is 0.509 e. The van der Waals surface area contributed by atoms with Crippen LogP contribution >= 0.6 is 0 Å². The standard InChI is InChI=1S/C8H14O2Si/c1-7(2)5-3-4-6-8(7)10-11(8)9/h3-6H2,1-2H3. The van der Waals surface area contributed by atoms with Gasteiger partial charge in [0, 0.05) is 5.41 Å². The molecule has 1 atom stereocenters. The van der Waals surface area contributed by atoms with Crippen LogP contribution in [0.4, 0.5) is 0 Å². The zero-order valence-corrected chi connectivity index (χ0v) is 8.14. The molecule has 2 nitrogen and oxygen atoms in total. The van der Waals surface area contributed by atoms with E-state index in [1.165, 1.54) is 19.3 Å². The average molecular weight is 170 g/mol. The third-order valence-corrected chi connectivity index (χ3v) is 5.27. The first kappa shape index (κ1) is 7.47. The summed E-state index contributed by atoms with van der Waals surface area (Å²) >= 11 is 0. The first-order valence-electron chi connectivity index (χ1n) is 4.32. The number of hydrogen-bond donors (Lipinski definition) is 0. The van der Waals surface area contributed by atoms with Crippen molar-refractivity contribution in [2.24, 2.45) is 5.41 Å². The maximum atomic E-state index is 11.2. The van der Waals surface area contributed by atoms with Gasteiger partial charge in [-0.15, -0.1) is 0 Å². The van der Waals surface area contributed by atoms with Crippen molar-refractivity contribution in [2.75, 3.05) is 0 Å². The van der Waals surface area contributed by atoms with E-state index in [1.54, 1.807) is 0 Å². The molecule has 2 rings (SSSR count). The Morgan fingerprint density at radius 1 is 1.27 bits per heavy atom. The first-order chi connectivity index (χ1) is 5.08. The van der Waals surface area contributed by atoms with Crippen LogP contribution in [0.15, 0.2) is 0 Å². The van der Waals surface area contributed by atoms with E-state index in [0.717, 1.165) is 6.42 Å². The van der Waals surface area contributed by atoms with E-state index in [2.05, 4.69) is 13.8 Å². The zero-order chi connectivity index (χ0) is 8.11. The minimum absolute atomic E-state index is 0.168. The average Bonchev–Trinajstić information content (AvgIpc) is 2.54. The van der Waals surface area contributed by atoms with Crippen molar-refractivity contribution < 1.29 is 8.89 Å². The molecule has 0 bridgehead atoms. The Kier molecular flexibility index (Phi) is 1.32. The molecule has 0 N–H and O–H groups in total. The normalized spacial score (nSPS) is 40.4. The zero-order valence-electron chi connectivity index (χ0n) is 7.14. The third-order valence-electron chi connectivity index (χ3n) is 3.23. The summed E-state index contributed by atoms with van der Waals surface area (Å²) in [5, 5.41) is -0.171. The second-order valence-electron chi connectivity index (χ2n) is 4.31. The lowest BCUT2D eigenvalue weighted by Crippen LogP contribution is -2.37. The summed E-state index contributed by atoms with van der Waals surface area (Å²) in [5.74, 6) is 0. The molecule has 0 radical (unpaired) electrons. The van der Waals surface area contributed by atoms with Gasteiger partial charge in [0.2, 0.25) is 0 Å². The Morgan fingerprint density at radius 2 is 1.82 bits per heavy atom. The van der Waals surface area contributed by atoms with Gasteiger partial charge in [-0.3, -0.25) is 0 Å². The second kappa shape index (κ2) is 1.94. The van der Waals surface area contributed by atoms with Crippen molar-refractivity contribution in [3.8, 4) is 0 Å². The van der Waals surface area contributed by atoms with Gasteiger partial charge in [-0.2, -0.15) is 0 Å². The molecule has 1 aliphatic heterocycles. The molecular formula is C8H14O2Si. The van der Waals surface area contributed by atoms with Gasteiger partial charge in [0.1, 0.15) is 0 Å². The van der Waals surface area contributed by atoms with Gasteiger partial charge >= 0.3 is 8.93 Å². The van der Waals surface area contributed by atoms with Gasteiger partial charge in [-0.1, -0.05) is 20.3 Å². The van der Waals surface area contributed by atoms with E-state index in [4.69, 9.17) is 4.43 Å². The quantitative estimate of drug-likeness (QED) is 0.410. The molecule has 62 valence electrons. The fourth-order valence-corrected chi connectivity index (χ4v) is 4.01. The molecule has 3 heteroatoms. The predicted octanol–water partition coefficient (Wildman–Crippen LogP) is 1.81. The lowest BCUT2D eigenvalue weighted by molar-refractivity contribution is 0.0851. The van der Waals surface area contributed by atoms with E-state index in [9.17, 15) is 4.46 Å². The van der Waals surface area contributed by atoms with Crippen molar-refractivity contribution in [1.82, 2.24) is 0 Å². The highest BCUT2D eigenvalue weighted by molar-refractivity contribution is 6.49. The van der Waals surface area contributed by atoms with Gasteiger partial charge < -0.3 is 8.89 Å². The van der Waals surface area contributed by atoms with Gasteiger partial charge in [0.05, 0.1) is 0 Å². The molecular weight excluding hydrogens is 156 g/mol. The van der Waals surface area contributed by atoms with Crippen LogP contribution in [0.5, 0.6) is 0 Å². The third kappa shape index (κ3) is 0.834. The highest BCUT2D eigenvalue weighted by atomic mass is 28.3. The van der Waals surface area contributed by atoms with Crippen LogP contribution in [-0.2, 0) is 8.89 Å². The molecule has 1 aliphatic carbocycles. The maximum Gasteiger partial charge on any atom is 0.549 e. The van der Waals surface area contributed by atoms with E-state index >= 15 is 0 Å². The van der Waals surface area contributed by atoms with Crippen LogP contribution in [0, 0.1) is 5.41 Å². The number of hydrogen-bond acceptors (Lipinski definition) is 2. The van der Waals surface area contributed by atoms with E-state index in [1.807, 2.05) is 0 Å². The largest absolute Gasteiger partial charge is 0.549 e. The number of rotatable bonds is 0. The SMILES string of the molecule is CC1(C)CCCCC12O[Si]2=O. The van der Waals surface area contributed by atoms with Crippen molar-refractivity contribution in [3.63, 3.8) is 0 Å². The van der Waals surface area contributed by atoms with E-state index in [0.29, 0.717) is 0 Å². The summed E-state index contributed by atoms with van der Waals surface area (Å²) in [6.07, 6.45) is 4.66. The van der Waals surface area contributed by atoms with Gasteiger partial charge in [-0.25, -0.2) is 0 Å². The first-order valence-corrected chi connectivity index (χ1v) is 5.64. The lowest BCUT2D eigenvalue weighted by Gasteiger charge is -2.34. The van der Waals surface area contributed by atoms with Gasteiger partial charge in [0.15, 0.2) is 5.22 Å². The van der Waals surface area contributed by atoms with Crippen molar-refractivity contribution in [3.05, 3.63) is 0 Å². The Morgan fingerprint density at radius 3 is 2.18 bits per heavy atom. The lowest BCUT2D eigenvalue weighted by atomic mass is 9.74. The molecule has 0 amide bonds. The van der Waals surface area contributed by atoms with Crippen LogP contribution in [0.3, 0.4) is 0 Å². The Balaban J connectivity index is 2.24. The molecule has 1 spiro atoms. The van der Waals surface area contributed by atoms with E-state index < -0.39 is 8.93 Å². The van der Waals surface area contributed by atoms with Crippen LogP contribution in [0.1, 0.15) is 39.5 Å². The molecule has 0 aromatic carbocycles. The fourth-order valence-electron chi connectivity index (χ4n) is 2.18. The van der Waals surface area contributed by atoms with Crippen LogP contribution in [0.2, 0.25) is 0 Å². The van der Waals surface area contributed by atoms with Crippen LogP contribution < -0.4 is 0 Å². The predicted molar refractivity (Wildman–Crippen MR) is 42.5 cm³/mol. The van der Waals surface area contributed by atoms with Gasteiger partial charge in [0.25, 0.3) is 0 Å². The summed E-state index contributed by atoms with van der Waals surface area (Å²) in [4.78, 5) is 0. The molecule has 2 aliphatic rings. The Bertz CT molecular complexity index is 212. The summed E-state index contributed by atoms with van der Waals surface area (Å²) in [7, 11) is -1.65. The molecule has 1 heterocycles. The monoisotopic (exact) mass is 170 g/mol. The topological polar surface area (TPSA) is 29.6 Å². The van der Waals surface area contributed by atoms with Crippen molar-refractivity contribution >= 4 is 8.93 Å². The van der Waals surface area contributed by atoms with Crippen molar-refractivity contribution in [2.45, 2.75) is 44.8 Å². The highest BCUT2D eigenvalue weighted by Gasteiger charge is 2.69. The van der Waals surface area contributed by atoms with E-state index in [-0.39, 0.29) is 10.6 Å². The summed E-state index contributed by atoms with van der Waals surface area (Å²) in [6, 6.07) is 0. The van der Waals surface area contributed by atoms with Gasteiger partial charge in [-0.05, 0) is 19.3 Å². The van der Waals surface area contributed by atoms with Crippen molar-refractivity contribution in [1.29, 1.82) is 0 Å². The molecule has 0 aromatic heterocycles. The highest BCUT2D eigenvalue weighted by Crippen LogP contribution is 2.53. The summed E-state index contributed by atoms with van der Waals surface area (Å²) in [5.41, 5.74) is 0.168. The Labute approximate surface area is 68.7 Å². The van der Waals surface area contributed by atoms with Crippen LogP contribution in [-0.4, -0.2) is 14.2 Å². The minimum atomic E-state index is -1.65. The summed E-state index contributed by atoms with van der Waals surface area (Å²) < 4.78 is 16.5. The molecule has 1 saturated carbocycles. The molecule has 1 saturated heterocycles. The molecule has 2 fully saturated rings. The minimum Gasteiger partial charge on any atom is -0.509 e. The molecule has 1 unspecified atom stereocenters. The second-order valence-corrected chi connectivity index (χ2v) is 5.89. The maximum absolute atomic E-state index is 11.2. The molecule has 11 heavy (non-hydrogen) atoms.